The average Bonchev–Trinajstić information content (AvgIpc) is 3.50. The molecule has 0 radical (unpaired) electrons. The highest BCUT2D eigenvalue weighted by atomic mass is 32.1. The second-order valence-corrected chi connectivity index (χ2v) is 9.45. The van der Waals surface area contributed by atoms with Gasteiger partial charge in [-0.1, -0.05) is 0 Å². The van der Waals surface area contributed by atoms with Gasteiger partial charge in [0.15, 0.2) is 0 Å². The quantitative estimate of drug-likeness (QED) is 0.401. The molecule has 0 fully saturated rings. The number of hydrogen-bond acceptors (Lipinski definition) is 9. The smallest absolute Gasteiger partial charge is 0.268 e. The molecule has 4 aromatic rings. The summed E-state index contributed by atoms with van der Waals surface area (Å²) in [4.78, 5) is 19.3. The molecule has 0 aliphatic heterocycles. The van der Waals surface area contributed by atoms with Crippen molar-refractivity contribution in [2.24, 2.45) is 0 Å². The van der Waals surface area contributed by atoms with Crippen LogP contribution in [0.1, 0.15) is 44.1 Å². The second kappa shape index (κ2) is 7.68. The number of nitrogens with two attached hydrogens (primary N) is 2. The molecular formula is C22H16N6O2S2. The first kappa shape index (κ1) is 20.1. The molecule has 0 aromatic carbocycles. The average molecular weight is 461 g/mol. The molecule has 10 heteroatoms. The maximum absolute atomic E-state index is 13.2. The monoisotopic (exact) mass is 460 g/mol. The summed E-state index contributed by atoms with van der Waals surface area (Å²) in [7, 11) is 0. The Morgan fingerprint density at radius 3 is 2.66 bits per heavy atom. The van der Waals surface area contributed by atoms with E-state index in [1.165, 1.54) is 17.6 Å². The fourth-order valence-corrected chi connectivity index (χ4v) is 6.29. The van der Waals surface area contributed by atoms with Gasteiger partial charge in [0.05, 0.1) is 23.1 Å². The van der Waals surface area contributed by atoms with Crippen molar-refractivity contribution in [3.63, 3.8) is 0 Å². The molecule has 8 nitrogen and oxygen atoms in total. The van der Waals surface area contributed by atoms with Gasteiger partial charge in [-0.15, -0.1) is 22.7 Å². The maximum Gasteiger partial charge on any atom is 0.268 e. The van der Waals surface area contributed by atoms with Crippen molar-refractivity contribution in [1.29, 1.82) is 10.5 Å². The van der Waals surface area contributed by atoms with Crippen LogP contribution in [0.25, 0.3) is 21.5 Å². The van der Waals surface area contributed by atoms with Crippen molar-refractivity contribution in [1.82, 2.24) is 4.98 Å². The first-order chi connectivity index (χ1) is 15.5. The second-order valence-electron chi connectivity index (χ2n) is 7.34. The Morgan fingerprint density at radius 2 is 1.94 bits per heavy atom. The van der Waals surface area contributed by atoms with Gasteiger partial charge >= 0.3 is 0 Å². The van der Waals surface area contributed by atoms with Gasteiger partial charge in [-0.2, -0.15) is 10.5 Å². The summed E-state index contributed by atoms with van der Waals surface area (Å²) >= 11 is 2.53. The number of aryl methyl sites for hydroxylation is 1. The van der Waals surface area contributed by atoms with E-state index in [9.17, 15) is 15.3 Å². The van der Waals surface area contributed by atoms with Crippen LogP contribution in [-0.4, -0.2) is 10.9 Å². The number of furan rings is 1. The summed E-state index contributed by atoms with van der Waals surface area (Å²) in [6, 6.07) is 7.69. The number of nitrogens with zero attached hydrogens (tertiary/aromatic N) is 3. The normalized spacial score (nSPS) is 12.8. The van der Waals surface area contributed by atoms with Crippen molar-refractivity contribution < 1.29 is 9.21 Å². The van der Waals surface area contributed by atoms with Gasteiger partial charge in [0.2, 0.25) is 0 Å². The Hall–Kier alpha value is -3.86. The lowest BCUT2D eigenvalue weighted by Crippen LogP contribution is -2.12. The largest absolute Gasteiger partial charge is 0.464 e. The fourth-order valence-electron chi connectivity index (χ4n) is 4.05. The summed E-state index contributed by atoms with van der Waals surface area (Å²) in [5, 5.41) is 23.2. The number of rotatable bonds is 3. The van der Waals surface area contributed by atoms with Crippen LogP contribution in [-0.2, 0) is 12.8 Å². The van der Waals surface area contributed by atoms with Crippen LogP contribution < -0.4 is 16.8 Å². The Bertz CT molecular complexity index is 1470. The molecule has 4 aromatic heterocycles. The molecular weight excluding hydrogens is 444 g/mol. The highest BCUT2D eigenvalue weighted by molar-refractivity contribution is 7.21. The molecule has 32 heavy (non-hydrogen) atoms. The van der Waals surface area contributed by atoms with Crippen LogP contribution in [0.3, 0.4) is 0 Å². The Kier molecular flexibility index (Phi) is 4.82. The molecule has 1 aliphatic carbocycles. The summed E-state index contributed by atoms with van der Waals surface area (Å²) in [6.07, 6.45) is 5.37. The number of pyridine rings is 1. The Balaban J connectivity index is 1.62. The van der Waals surface area contributed by atoms with Crippen molar-refractivity contribution in [3.8, 4) is 23.5 Å². The molecule has 5 N–H and O–H groups in total. The highest BCUT2D eigenvalue weighted by Gasteiger charge is 2.27. The number of nitriles is 2. The number of fused-ring (bicyclic) bond motifs is 2. The zero-order valence-electron chi connectivity index (χ0n) is 16.7. The van der Waals surface area contributed by atoms with Crippen molar-refractivity contribution in [2.75, 3.05) is 16.8 Å². The third-order valence-electron chi connectivity index (χ3n) is 5.50. The third-order valence-corrected chi connectivity index (χ3v) is 7.81. The first-order valence-electron chi connectivity index (χ1n) is 9.84. The van der Waals surface area contributed by atoms with Gasteiger partial charge in [0.1, 0.15) is 44.0 Å². The zero-order valence-corrected chi connectivity index (χ0v) is 18.3. The lowest BCUT2D eigenvalue weighted by molar-refractivity contribution is 0.103. The number of hydrogen-bond donors (Lipinski definition) is 3. The van der Waals surface area contributed by atoms with Crippen molar-refractivity contribution in [3.05, 3.63) is 44.8 Å². The fraction of sp³-hybridized carbons (Fsp3) is 0.182. The lowest BCUT2D eigenvalue weighted by Gasteiger charge is -2.09. The summed E-state index contributed by atoms with van der Waals surface area (Å²) in [5.41, 5.74) is 14.7. The van der Waals surface area contributed by atoms with E-state index in [-0.39, 0.29) is 21.9 Å². The maximum atomic E-state index is 13.2. The first-order valence-corrected chi connectivity index (χ1v) is 11.5. The van der Waals surface area contributed by atoms with Crippen molar-refractivity contribution in [2.45, 2.75) is 25.7 Å². The number of carbonyl (C=O) groups excluding carboxylic acids is 1. The number of carbonyl (C=O) groups is 1. The minimum absolute atomic E-state index is 0.0392. The summed E-state index contributed by atoms with van der Waals surface area (Å²) < 4.78 is 5.50. The van der Waals surface area contributed by atoms with Crippen LogP contribution in [0.2, 0.25) is 0 Å². The van der Waals surface area contributed by atoms with Crippen LogP contribution in [0.15, 0.2) is 22.8 Å². The molecule has 0 spiro atoms. The van der Waals surface area contributed by atoms with Crippen LogP contribution in [0.4, 0.5) is 16.5 Å². The van der Waals surface area contributed by atoms with Gasteiger partial charge in [-0.3, -0.25) is 4.79 Å². The molecule has 0 bridgehead atoms. The van der Waals surface area contributed by atoms with E-state index < -0.39 is 5.91 Å². The van der Waals surface area contributed by atoms with Gasteiger partial charge in [-0.25, -0.2) is 4.98 Å². The van der Waals surface area contributed by atoms with Crippen LogP contribution >= 0.6 is 22.7 Å². The highest BCUT2D eigenvalue weighted by Crippen LogP contribution is 2.43. The van der Waals surface area contributed by atoms with Gasteiger partial charge < -0.3 is 21.2 Å². The molecule has 0 unspecified atom stereocenters. The molecule has 0 saturated carbocycles. The van der Waals surface area contributed by atoms with Crippen molar-refractivity contribution >= 4 is 55.3 Å². The zero-order chi connectivity index (χ0) is 22.4. The minimum atomic E-state index is -0.428. The Morgan fingerprint density at radius 1 is 1.16 bits per heavy atom. The van der Waals surface area contributed by atoms with Crippen LogP contribution in [0, 0.1) is 22.7 Å². The van der Waals surface area contributed by atoms with Gasteiger partial charge in [0.25, 0.3) is 5.91 Å². The number of thiophene rings is 2. The predicted molar refractivity (Wildman–Crippen MR) is 124 cm³/mol. The minimum Gasteiger partial charge on any atom is -0.464 e. The predicted octanol–water partition coefficient (Wildman–Crippen LogP) is 4.66. The lowest BCUT2D eigenvalue weighted by atomic mass is 9.96. The van der Waals surface area contributed by atoms with E-state index >= 15 is 0 Å². The van der Waals surface area contributed by atoms with Crippen LogP contribution in [0.5, 0.6) is 0 Å². The number of aromatic nitrogens is 1. The molecule has 0 saturated heterocycles. The summed E-state index contributed by atoms with van der Waals surface area (Å²) in [5.74, 6) is 0.0233. The molecule has 0 atom stereocenters. The third kappa shape index (κ3) is 3.01. The number of nitrogen functional groups attached to an aromatic ring is 2. The standard InChI is InChI=1S/C22H16N6O2S2/c23-8-11-10-4-1-2-6-14(10)31-21(11)28-20(29)18-17(25)16-15(13-5-3-7-30-13)12(9-24)19(26)27-22(16)32-18/h3,5,7H,1-2,4,6,25H2,(H2,26,27)(H,28,29). The van der Waals surface area contributed by atoms with Gasteiger partial charge in [0, 0.05) is 10.3 Å². The van der Waals surface area contributed by atoms with E-state index in [0.29, 0.717) is 32.1 Å². The van der Waals surface area contributed by atoms with E-state index in [1.807, 2.05) is 0 Å². The van der Waals surface area contributed by atoms with E-state index in [0.717, 1.165) is 47.5 Å². The van der Waals surface area contributed by atoms with E-state index in [1.54, 1.807) is 12.1 Å². The number of nitrogens with one attached hydrogen (secondary N) is 1. The number of amides is 1. The van der Waals surface area contributed by atoms with Gasteiger partial charge in [-0.05, 0) is 43.4 Å². The molecule has 4 heterocycles. The molecule has 5 rings (SSSR count). The Labute approximate surface area is 190 Å². The summed E-state index contributed by atoms with van der Waals surface area (Å²) in [6.45, 7) is 0. The van der Waals surface area contributed by atoms with E-state index in [4.69, 9.17) is 15.9 Å². The van der Waals surface area contributed by atoms with E-state index in [2.05, 4.69) is 22.4 Å². The molecule has 1 aliphatic rings. The molecule has 1 amide bonds. The molecule has 158 valence electrons. The topological polar surface area (TPSA) is 155 Å². The number of anilines is 3. The SMILES string of the molecule is N#Cc1c(NC(=O)c2sc3nc(N)c(C#N)c(-c4ccco4)c3c2N)sc2c1CCCC2.